The maximum absolute atomic E-state index is 11.8. The minimum Gasteiger partial charge on any atom is -0.320 e. The summed E-state index contributed by atoms with van der Waals surface area (Å²) < 4.78 is 0.689. The van der Waals surface area contributed by atoms with Crippen LogP contribution in [0.15, 0.2) is 28.0 Å². The highest BCUT2D eigenvalue weighted by molar-refractivity contribution is 9.10. The number of nitrogens with one attached hydrogen (secondary N) is 2. The monoisotopic (exact) mass is 296 g/mol. The summed E-state index contributed by atoms with van der Waals surface area (Å²) in [6, 6.07) is 1.67. The minimum absolute atomic E-state index is 0.174. The van der Waals surface area contributed by atoms with Crippen LogP contribution in [-0.4, -0.2) is 22.5 Å². The molecule has 2 amide bonds. The molecule has 1 aromatic rings. The Morgan fingerprint density at radius 1 is 1.47 bits per heavy atom. The van der Waals surface area contributed by atoms with Gasteiger partial charge in [-0.2, -0.15) is 5.10 Å². The molecule has 1 aromatic heterocycles. The van der Waals surface area contributed by atoms with Gasteiger partial charge in [0.05, 0.1) is 10.2 Å². The molecule has 88 valence electrons. The van der Waals surface area contributed by atoms with E-state index in [1.54, 1.807) is 18.5 Å². The van der Waals surface area contributed by atoms with E-state index in [0.29, 0.717) is 22.3 Å². The molecule has 0 saturated heterocycles. The summed E-state index contributed by atoms with van der Waals surface area (Å²) in [5, 5.41) is 6.40. The molecule has 6 nitrogen and oxygen atoms in total. The van der Waals surface area contributed by atoms with Crippen molar-refractivity contribution in [2.45, 2.75) is 12.8 Å². The van der Waals surface area contributed by atoms with E-state index in [4.69, 9.17) is 0 Å². The van der Waals surface area contributed by atoms with Crippen molar-refractivity contribution < 1.29 is 9.59 Å². The van der Waals surface area contributed by atoms with Gasteiger partial charge in [-0.25, -0.2) is 5.43 Å². The molecule has 0 radical (unpaired) electrons. The van der Waals surface area contributed by atoms with E-state index in [1.165, 1.54) is 0 Å². The summed E-state index contributed by atoms with van der Waals surface area (Å²) in [4.78, 5) is 26.6. The first kappa shape index (κ1) is 11.7. The van der Waals surface area contributed by atoms with Crippen molar-refractivity contribution in [1.29, 1.82) is 0 Å². The lowest BCUT2D eigenvalue weighted by atomic mass is 10.1. The van der Waals surface area contributed by atoms with E-state index in [-0.39, 0.29) is 18.2 Å². The minimum atomic E-state index is -0.322. The number of aromatic nitrogens is 1. The molecule has 7 heteroatoms. The maximum Gasteiger partial charge on any atom is 0.271 e. The first-order valence-electron chi connectivity index (χ1n) is 4.93. The number of nitrogens with zero attached hydrogens (tertiary/aromatic N) is 2. The molecule has 0 spiro atoms. The predicted octanol–water partition coefficient (Wildman–Crippen LogP) is 1.05. The van der Waals surface area contributed by atoms with E-state index in [1.807, 2.05) is 0 Å². The highest BCUT2D eigenvalue weighted by Gasteiger charge is 2.18. The molecule has 0 fully saturated rings. The average molecular weight is 297 g/mol. The van der Waals surface area contributed by atoms with Crippen molar-refractivity contribution in [3.05, 3.63) is 22.9 Å². The lowest BCUT2D eigenvalue weighted by Crippen LogP contribution is -2.32. The van der Waals surface area contributed by atoms with Crippen molar-refractivity contribution in [3.63, 3.8) is 0 Å². The summed E-state index contributed by atoms with van der Waals surface area (Å²) in [5.74, 6) is -0.497. The van der Waals surface area contributed by atoms with Gasteiger partial charge in [-0.15, -0.1) is 0 Å². The van der Waals surface area contributed by atoms with Crippen molar-refractivity contribution in [2.24, 2.45) is 5.10 Å². The van der Waals surface area contributed by atoms with Gasteiger partial charge in [-0.3, -0.25) is 14.6 Å². The zero-order valence-corrected chi connectivity index (χ0v) is 10.3. The Morgan fingerprint density at radius 2 is 2.29 bits per heavy atom. The van der Waals surface area contributed by atoms with Crippen LogP contribution in [0.4, 0.5) is 5.69 Å². The first-order valence-corrected chi connectivity index (χ1v) is 5.72. The Balaban J connectivity index is 2.07. The fraction of sp³-hybridized carbons (Fsp3) is 0.200. The average Bonchev–Trinajstić information content (AvgIpc) is 2.33. The van der Waals surface area contributed by atoms with Gasteiger partial charge >= 0.3 is 0 Å². The van der Waals surface area contributed by atoms with E-state index < -0.39 is 0 Å². The number of hydrogen-bond acceptors (Lipinski definition) is 4. The molecule has 2 N–H and O–H groups in total. The van der Waals surface area contributed by atoms with Crippen molar-refractivity contribution >= 4 is 39.1 Å². The van der Waals surface area contributed by atoms with Gasteiger partial charge in [0.25, 0.3) is 5.91 Å². The van der Waals surface area contributed by atoms with Crippen LogP contribution in [0, 0.1) is 0 Å². The highest BCUT2D eigenvalue weighted by Crippen LogP contribution is 2.20. The van der Waals surface area contributed by atoms with E-state index in [0.717, 1.165) is 0 Å². The topological polar surface area (TPSA) is 83.5 Å². The fourth-order valence-corrected chi connectivity index (χ4v) is 1.66. The number of carbonyl (C=O) groups excluding carboxylic acids is 2. The molecule has 17 heavy (non-hydrogen) atoms. The lowest BCUT2D eigenvalue weighted by Gasteiger charge is -2.12. The van der Waals surface area contributed by atoms with Crippen LogP contribution in [0.3, 0.4) is 0 Å². The molecule has 0 aromatic carbocycles. The van der Waals surface area contributed by atoms with Crippen molar-refractivity contribution in [3.8, 4) is 0 Å². The van der Waals surface area contributed by atoms with Crippen LogP contribution in [0.5, 0.6) is 0 Å². The van der Waals surface area contributed by atoms with Crippen LogP contribution < -0.4 is 10.7 Å². The largest absolute Gasteiger partial charge is 0.320 e. The van der Waals surface area contributed by atoms with Crippen LogP contribution in [0.1, 0.15) is 12.8 Å². The molecule has 1 aliphatic rings. The second-order valence-electron chi connectivity index (χ2n) is 3.40. The summed E-state index contributed by atoms with van der Waals surface area (Å²) in [6.07, 6.45) is 3.79. The van der Waals surface area contributed by atoms with E-state index in [2.05, 4.69) is 36.8 Å². The summed E-state index contributed by atoms with van der Waals surface area (Å²) in [5.41, 5.74) is 3.21. The molecule has 0 bridgehead atoms. The molecule has 0 saturated carbocycles. The molecule has 1 aliphatic heterocycles. The Morgan fingerprint density at radius 3 is 2.94 bits per heavy atom. The first-order chi connectivity index (χ1) is 8.16. The number of halogens is 1. The number of carbonyl (C=O) groups is 2. The van der Waals surface area contributed by atoms with Crippen LogP contribution in [0.25, 0.3) is 0 Å². The van der Waals surface area contributed by atoms with E-state index in [9.17, 15) is 9.59 Å². The molecular formula is C10H9BrN4O2. The number of anilines is 1. The van der Waals surface area contributed by atoms with Gasteiger partial charge in [0.2, 0.25) is 5.91 Å². The molecule has 0 aliphatic carbocycles. The molecule has 2 rings (SSSR count). The van der Waals surface area contributed by atoms with Gasteiger partial charge in [0, 0.05) is 25.2 Å². The van der Waals surface area contributed by atoms with Gasteiger partial charge in [-0.1, -0.05) is 0 Å². The van der Waals surface area contributed by atoms with Crippen molar-refractivity contribution in [1.82, 2.24) is 10.4 Å². The summed E-state index contributed by atoms with van der Waals surface area (Å²) in [7, 11) is 0. The highest BCUT2D eigenvalue weighted by atomic mass is 79.9. The number of rotatable bonds is 2. The third kappa shape index (κ3) is 2.88. The lowest BCUT2D eigenvalue weighted by molar-refractivity contribution is -0.121. The number of amides is 2. The Hall–Kier alpha value is -1.76. The smallest absolute Gasteiger partial charge is 0.271 e. The zero-order valence-electron chi connectivity index (χ0n) is 8.74. The Kier molecular flexibility index (Phi) is 3.48. The Bertz CT molecular complexity index is 501. The summed E-state index contributed by atoms with van der Waals surface area (Å²) >= 11 is 3.27. The Labute approximate surface area is 106 Å². The maximum atomic E-state index is 11.8. The normalized spacial score (nSPS) is 14.9. The van der Waals surface area contributed by atoms with Gasteiger partial charge in [0.15, 0.2) is 0 Å². The fourth-order valence-electron chi connectivity index (χ4n) is 1.31. The quantitative estimate of drug-likeness (QED) is 0.855. The third-order valence-corrected chi connectivity index (χ3v) is 2.82. The van der Waals surface area contributed by atoms with Gasteiger partial charge in [0.1, 0.15) is 5.71 Å². The molecule has 0 atom stereocenters. The van der Waals surface area contributed by atoms with E-state index >= 15 is 0 Å². The molecular weight excluding hydrogens is 288 g/mol. The van der Waals surface area contributed by atoms with Crippen molar-refractivity contribution in [2.75, 3.05) is 5.32 Å². The van der Waals surface area contributed by atoms with Gasteiger partial charge < -0.3 is 5.32 Å². The number of pyridine rings is 1. The third-order valence-electron chi connectivity index (χ3n) is 2.19. The second-order valence-corrected chi connectivity index (χ2v) is 4.26. The SMILES string of the molecule is O=C1CCC(C(=O)Nc2ccncc2Br)=NN1. The number of hydrazone groups is 1. The predicted molar refractivity (Wildman–Crippen MR) is 65.4 cm³/mol. The van der Waals surface area contributed by atoms with Crippen LogP contribution >= 0.6 is 15.9 Å². The standard InChI is InChI=1S/C10H9BrN4O2/c11-6-5-12-4-3-7(6)13-10(17)8-1-2-9(16)15-14-8/h3-5H,1-2H2,(H,15,16)(H,12,13,17). The second kappa shape index (κ2) is 5.05. The zero-order chi connectivity index (χ0) is 12.3. The van der Waals surface area contributed by atoms with Gasteiger partial charge in [-0.05, 0) is 22.0 Å². The summed E-state index contributed by atoms with van der Waals surface area (Å²) in [6.45, 7) is 0. The van der Waals surface area contributed by atoms with Crippen LogP contribution in [-0.2, 0) is 9.59 Å². The van der Waals surface area contributed by atoms with Crippen LogP contribution in [0.2, 0.25) is 0 Å². The molecule has 0 unspecified atom stereocenters. The number of hydrogen-bond donors (Lipinski definition) is 2. The molecule has 2 heterocycles.